The molecule has 0 aliphatic carbocycles. The molecule has 0 aliphatic rings. The normalized spacial score (nSPS) is 11.8. The highest BCUT2D eigenvalue weighted by atomic mass is 28.3. The SMILES string of the molecule is Cc1cc(CCCO)nn(COCC[Si](C)(C)C)c1=O. The molecule has 1 heterocycles. The molecule has 0 aromatic carbocycles. The predicted molar refractivity (Wildman–Crippen MR) is 82.7 cm³/mol. The lowest BCUT2D eigenvalue weighted by atomic mass is 10.2. The van der Waals surface area contributed by atoms with Crippen LogP contribution in [0.25, 0.3) is 0 Å². The smallest absolute Gasteiger partial charge is 0.271 e. The Balaban J connectivity index is 2.64. The zero-order valence-corrected chi connectivity index (χ0v) is 14.0. The minimum absolute atomic E-state index is 0.106. The summed E-state index contributed by atoms with van der Waals surface area (Å²) in [5.41, 5.74) is 1.39. The zero-order chi connectivity index (χ0) is 15.2. The van der Waals surface area contributed by atoms with Crippen molar-refractivity contribution in [2.45, 2.75) is 52.2 Å². The first-order valence-corrected chi connectivity index (χ1v) is 10.8. The summed E-state index contributed by atoms with van der Waals surface area (Å²) in [5, 5.41) is 13.1. The Kier molecular flexibility index (Phi) is 6.58. The average Bonchev–Trinajstić information content (AvgIpc) is 2.36. The van der Waals surface area contributed by atoms with Crippen molar-refractivity contribution in [3.05, 3.63) is 27.7 Å². The molecule has 1 N–H and O–H groups in total. The summed E-state index contributed by atoms with van der Waals surface area (Å²) in [6.07, 6.45) is 1.33. The van der Waals surface area contributed by atoms with E-state index >= 15 is 0 Å². The molecule has 0 radical (unpaired) electrons. The Labute approximate surface area is 121 Å². The first kappa shape index (κ1) is 17.1. The summed E-state index contributed by atoms with van der Waals surface area (Å²) in [7, 11) is -1.11. The van der Waals surface area contributed by atoms with Gasteiger partial charge in [0.25, 0.3) is 5.56 Å². The van der Waals surface area contributed by atoms with Crippen molar-refractivity contribution in [1.82, 2.24) is 9.78 Å². The van der Waals surface area contributed by atoms with Gasteiger partial charge in [-0.15, -0.1) is 0 Å². The molecule has 0 saturated carbocycles. The zero-order valence-electron chi connectivity index (χ0n) is 13.0. The third kappa shape index (κ3) is 5.98. The Hall–Kier alpha value is -0.983. The van der Waals surface area contributed by atoms with E-state index in [1.165, 1.54) is 4.68 Å². The van der Waals surface area contributed by atoms with Gasteiger partial charge in [-0.05, 0) is 31.9 Å². The number of nitrogens with zero attached hydrogens (tertiary/aromatic N) is 2. The van der Waals surface area contributed by atoms with Crippen LogP contribution in [-0.2, 0) is 17.9 Å². The highest BCUT2D eigenvalue weighted by molar-refractivity contribution is 6.76. The maximum atomic E-state index is 12.0. The fourth-order valence-electron chi connectivity index (χ4n) is 1.74. The van der Waals surface area contributed by atoms with Crippen LogP contribution < -0.4 is 5.56 Å². The van der Waals surface area contributed by atoms with Crippen LogP contribution in [0.2, 0.25) is 25.7 Å². The lowest BCUT2D eigenvalue weighted by Gasteiger charge is -2.15. The Morgan fingerprint density at radius 2 is 2.10 bits per heavy atom. The number of ether oxygens (including phenoxy) is 1. The lowest BCUT2D eigenvalue weighted by molar-refractivity contribution is 0.0742. The molecule has 1 rings (SSSR count). The fourth-order valence-corrected chi connectivity index (χ4v) is 2.50. The Bertz CT molecular complexity index is 480. The van der Waals surface area contributed by atoms with E-state index in [2.05, 4.69) is 24.7 Å². The summed E-state index contributed by atoms with van der Waals surface area (Å²) in [4.78, 5) is 12.0. The molecular weight excluding hydrogens is 272 g/mol. The molecule has 0 spiro atoms. The van der Waals surface area contributed by atoms with E-state index in [0.717, 1.165) is 11.7 Å². The molecule has 0 unspecified atom stereocenters. The van der Waals surface area contributed by atoms with Gasteiger partial charge < -0.3 is 9.84 Å². The highest BCUT2D eigenvalue weighted by Gasteiger charge is 2.12. The summed E-state index contributed by atoms with van der Waals surface area (Å²) in [6, 6.07) is 2.86. The first-order valence-electron chi connectivity index (χ1n) is 7.10. The average molecular weight is 298 g/mol. The molecule has 1 aromatic rings. The molecule has 5 nitrogen and oxygen atoms in total. The standard InChI is InChI=1S/C14H26N2O3Si/c1-12-10-13(6-5-7-17)15-16(14(12)18)11-19-8-9-20(2,3)4/h10,17H,5-9,11H2,1-4H3. The fraction of sp³-hybridized carbons (Fsp3) is 0.714. The van der Waals surface area contributed by atoms with Gasteiger partial charge in [-0.25, -0.2) is 4.68 Å². The van der Waals surface area contributed by atoms with Gasteiger partial charge in [0.1, 0.15) is 6.73 Å². The highest BCUT2D eigenvalue weighted by Crippen LogP contribution is 2.07. The molecule has 20 heavy (non-hydrogen) atoms. The van der Waals surface area contributed by atoms with Crippen LogP contribution in [0.4, 0.5) is 0 Å². The number of hydrogen-bond acceptors (Lipinski definition) is 4. The molecule has 0 atom stereocenters. The summed E-state index contributed by atoms with van der Waals surface area (Å²) >= 11 is 0. The van der Waals surface area contributed by atoms with Crippen molar-refractivity contribution in [3.63, 3.8) is 0 Å². The summed E-state index contributed by atoms with van der Waals surface area (Å²) in [6.45, 7) is 9.67. The van der Waals surface area contributed by atoms with E-state index in [9.17, 15) is 4.79 Å². The van der Waals surface area contributed by atoms with Gasteiger partial charge in [0.15, 0.2) is 0 Å². The van der Waals surface area contributed by atoms with Crippen molar-refractivity contribution in [2.75, 3.05) is 13.2 Å². The topological polar surface area (TPSA) is 64.3 Å². The molecule has 1 aromatic heterocycles. The van der Waals surface area contributed by atoms with Crippen LogP contribution in [-0.4, -0.2) is 36.2 Å². The second kappa shape index (κ2) is 7.71. The van der Waals surface area contributed by atoms with Crippen molar-refractivity contribution < 1.29 is 9.84 Å². The maximum absolute atomic E-state index is 12.0. The summed E-state index contributed by atoms with van der Waals surface area (Å²) in [5.74, 6) is 0. The van der Waals surface area contributed by atoms with Crippen LogP contribution >= 0.6 is 0 Å². The number of aliphatic hydroxyl groups is 1. The number of hydrogen-bond donors (Lipinski definition) is 1. The third-order valence-corrected chi connectivity index (χ3v) is 4.71. The van der Waals surface area contributed by atoms with Gasteiger partial charge in [0.05, 0.1) is 5.69 Å². The quantitative estimate of drug-likeness (QED) is 0.587. The van der Waals surface area contributed by atoms with Gasteiger partial charge in [-0.3, -0.25) is 4.79 Å². The first-order chi connectivity index (χ1) is 9.33. The van der Waals surface area contributed by atoms with Crippen molar-refractivity contribution in [1.29, 1.82) is 0 Å². The third-order valence-electron chi connectivity index (χ3n) is 3.01. The van der Waals surface area contributed by atoms with Gasteiger partial charge in [0.2, 0.25) is 0 Å². The van der Waals surface area contributed by atoms with Crippen LogP contribution in [0.5, 0.6) is 0 Å². The maximum Gasteiger partial charge on any atom is 0.271 e. The molecule has 0 fully saturated rings. The predicted octanol–water partition coefficient (Wildman–Crippen LogP) is 1.79. The van der Waals surface area contributed by atoms with E-state index in [0.29, 0.717) is 25.0 Å². The Morgan fingerprint density at radius 3 is 2.70 bits per heavy atom. The molecule has 0 saturated heterocycles. The minimum Gasteiger partial charge on any atom is -0.396 e. The van der Waals surface area contributed by atoms with Crippen LogP contribution in [0, 0.1) is 6.92 Å². The van der Waals surface area contributed by atoms with E-state index in [1.807, 2.05) is 0 Å². The van der Waals surface area contributed by atoms with Gasteiger partial charge >= 0.3 is 0 Å². The molecule has 0 amide bonds. The molecule has 0 aliphatic heterocycles. The van der Waals surface area contributed by atoms with Crippen LogP contribution in [0.1, 0.15) is 17.7 Å². The van der Waals surface area contributed by atoms with Crippen LogP contribution in [0.3, 0.4) is 0 Å². The molecule has 6 heteroatoms. The molecule has 114 valence electrons. The van der Waals surface area contributed by atoms with E-state index in [1.54, 1.807) is 13.0 Å². The van der Waals surface area contributed by atoms with E-state index in [4.69, 9.17) is 9.84 Å². The van der Waals surface area contributed by atoms with Crippen LogP contribution in [0.15, 0.2) is 10.9 Å². The molecule has 0 bridgehead atoms. The summed E-state index contributed by atoms with van der Waals surface area (Å²) < 4.78 is 6.96. The Morgan fingerprint density at radius 1 is 1.40 bits per heavy atom. The number of aliphatic hydroxyl groups excluding tert-OH is 1. The molecular formula is C14H26N2O3Si. The monoisotopic (exact) mass is 298 g/mol. The lowest BCUT2D eigenvalue weighted by Crippen LogP contribution is -2.28. The van der Waals surface area contributed by atoms with Crippen molar-refractivity contribution >= 4 is 8.07 Å². The largest absolute Gasteiger partial charge is 0.396 e. The van der Waals surface area contributed by atoms with E-state index in [-0.39, 0.29) is 18.9 Å². The van der Waals surface area contributed by atoms with Crippen molar-refractivity contribution in [3.8, 4) is 0 Å². The number of aryl methyl sites for hydroxylation is 2. The second-order valence-electron chi connectivity index (χ2n) is 6.30. The van der Waals surface area contributed by atoms with Gasteiger partial charge in [-0.1, -0.05) is 19.6 Å². The number of rotatable bonds is 8. The second-order valence-corrected chi connectivity index (χ2v) is 11.9. The van der Waals surface area contributed by atoms with Gasteiger partial charge in [-0.2, -0.15) is 5.10 Å². The van der Waals surface area contributed by atoms with Crippen molar-refractivity contribution in [2.24, 2.45) is 0 Å². The van der Waals surface area contributed by atoms with Gasteiger partial charge in [0, 0.05) is 26.9 Å². The van der Waals surface area contributed by atoms with E-state index < -0.39 is 8.07 Å². The number of aromatic nitrogens is 2. The minimum atomic E-state index is -1.11.